The molecule has 158 valence electrons. The van der Waals surface area contributed by atoms with Gasteiger partial charge in [-0.1, -0.05) is 29.8 Å². The minimum absolute atomic E-state index is 0.0139. The largest absolute Gasteiger partial charge is 0.497 e. The number of nitrogens with one attached hydrogen (secondary N) is 1. The van der Waals surface area contributed by atoms with Crippen molar-refractivity contribution < 1.29 is 14.3 Å². The molecule has 2 aromatic carbocycles. The average molecular weight is 437 g/mol. The maximum atomic E-state index is 13.5. The highest BCUT2D eigenvalue weighted by Crippen LogP contribution is 2.45. The van der Waals surface area contributed by atoms with Crippen molar-refractivity contribution in [3.8, 4) is 11.5 Å². The van der Waals surface area contributed by atoms with Crippen LogP contribution in [0.25, 0.3) is 0 Å². The van der Waals surface area contributed by atoms with Crippen LogP contribution in [0.5, 0.6) is 11.5 Å². The van der Waals surface area contributed by atoms with E-state index in [1.54, 1.807) is 18.9 Å². The normalized spacial score (nSPS) is 20.0. The van der Waals surface area contributed by atoms with Gasteiger partial charge in [-0.2, -0.15) is 10.1 Å². The summed E-state index contributed by atoms with van der Waals surface area (Å²) in [7, 11) is 3.25. The predicted octanol–water partition coefficient (Wildman–Crippen LogP) is 4.36. The smallest absolute Gasteiger partial charge is 0.226 e. The van der Waals surface area contributed by atoms with E-state index in [0.717, 1.165) is 28.1 Å². The van der Waals surface area contributed by atoms with Crippen molar-refractivity contribution in [1.29, 1.82) is 0 Å². The van der Waals surface area contributed by atoms with Gasteiger partial charge in [-0.3, -0.25) is 4.79 Å². The third kappa shape index (κ3) is 3.35. The van der Waals surface area contributed by atoms with Crippen LogP contribution in [0.1, 0.15) is 35.9 Å². The first kappa shape index (κ1) is 19.6. The van der Waals surface area contributed by atoms with E-state index in [-0.39, 0.29) is 17.7 Å². The van der Waals surface area contributed by atoms with Crippen molar-refractivity contribution in [2.24, 2.45) is 0 Å². The third-order valence-electron chi connectivity index (χ3n) is 5.93. The van der Waals surface area contributed by atoms with Crippen LogP contribution < -0.4 is 14.8 Å². The summed E-state index contributed by atoms with van der Waals surface area (Å²) in [5.74, 6) is 2.12. The minimum atomic E-state index is -0.336. The molecule has 0 radical (unpaired) electrons. The quantitative estimate of drug-likeness (QED) is 0.654. The second kappa shape index (κ2) is 7.74. The van der Waals surface area contributed by atoms with Gasteiger partial charge in [0.2, 0.25) is 5.95 Å². The van der Waals surface area contributed by atoms with Gasteiger partial charge in [-0.25, -0.2) is 4.68 Å². The molecule has 5 rings (SSSR count). The Hall–Kier alpha value is -3.32. The van der Waals surface area contributed by atoms with Gasteiger partial charge in [0.25, 0.3) is 0 Å². The number of fused-ring (bicyclic) bond motifs is 1. The second-order valence-corrected chi connectivity index (χ2v) is 8.07. The number of carbonyl (C=O) groups excluding carboxylic acids is 1. The summed E-state index contributed by atoms with van der Waals surface area (Å²) < 4.78 is 12.7. The standard InChI is InChI=1S/C23H21ClN4O3/c1-30-16-7-8-17(20(11-16)31-2)14-9-18-21(19(29)10-14)22(13-3-5-15(24)6-4-13)28-23(27-18)25-12-26-28/h3-8,11-12,14,22H,9-10H2,1-2H3,(H,25,26,27)/t14-,22+/m0/s1. The Bertz CT molecular complexity index is 1190. The van der Waals surface area contributed by atoms with Gasteiger partial charge >= 0.3 is 0 Å². The number of nitrogens with zero attached hydrogens (tertiary/aromatic N) is 3. The summed E-state index contributed by atoms with van der Waals surface area (Å²) in [6.45, 7) is 0. The van der Waals surface area contributed by atoms with Crippen LogP contribution in [0.2, 0.25) is 5.02 Å². The fourth-order valence-corrected chi connectivity index (χ4v) is 4.61. The number of benzene rings is 2. The van der Waals surface area contributed by atoms with Crippen LogP contribution in [0.3, 0.4) is 0 Å². The van der Waals surface area contributed by atoms with Gasteiger partial charge in [0, 0.05) is 34.7 Å². The van der Waals surface area contributed by atoms with E-state index in [0.29, 0.717) is 29.6 Å². The molecular formula is C23H21ClN4O3. The van der Waals surface area contributed by atoms with Crippen molar-refractivity contribution in [2.45, 2.75) is 24.8 Å². The summed E-state index contributed by atoms with van der Waals surface area (Å²) in [5.41, 5.74) is 3.53. The molecule has 1 aliphatic carbocycles. The molecule has 0 saturated carbocycles. The zero-order valence-corrected chi connectivity index (χ0v) is 17.9. The SMILES string of the molecule is COc1ccc([C@@H]2CC(=O)C3=C(C2)Nc2ncnn2[C@@H]3c2ccc(Cl)cc2)c(OC)c1. The molecular weight excluding hydrogens is 416 g/mol. The molecule has 1 N–H and O–H groups in total. The van der Waals surface area contributed by atoms with E-state index in [2.05, 4.69) is 15.4 Å². The number of methoxy groups -OCH3 is 2. The van der Waals surface area contributed by atoms with Gasteiger partial charge in [0.15, 0.2) is 5.78 Å². The molecule has 2 atom stereocenters. The summed E-state index contributed by atoms with van der Waals surface area (Å²) in [6.07, 6.45) is 2.55. The van der Waals surface area contributed by atoms with Crippen molar-refractivity contribution in [3.63, 3.8) is 0 Å². The molecule has 1 aliphatic heterocycles. The van der Waals surface area contributed by atoms with E-state index in [4.69, 9.17) is 21.1 Å². The van der Waals surface area contributed by atoms with Crippen LogP contribution in [-0.4, -0.2) is 34.8 Å². The Morgan fingerprint density at radius 3 is 2.65 bits per heavy atom. The Morgan fingerprint density at radius 1 is 1.10 bits per heavy atom. The Morgan fingerprint density at radius 2 is 1.90 bits per heavy atom. The minimum Gasteiger partial charge on any atom is -0.497 e. The fraction of sp³-hybridized carbons (Fsp3) is 0.261. The molecule has 2 aliphatic rings. The van der Waals surface area contributed by atoms with E-state index in [1.807, 2.05) is 42.5 Å². The number of Topliss-reactive ketones (excluding diaryl/α,β-unsaturated/α-hetero) is 1. The molecule has 0 bridgehead atoms. The summed E-state index contributed by atoms with van der Waals surface area (Å²) in [4.78, 5) is 17.8. The van der Waals surface area contributed by atoms with Crippen LogP contribution in [0.4, 0.5) is 5.95 Å². The number of carbonyl (C=O) groups is 1. The van der Waals surface area contributed by atoms with Crippen molar-refractivity contribution in [2.75, 3.05) is 19.5 Å². The van der Waals surface area contributed by atoms with E-state index in [9.17, 15) is 4.79 Å². The highest BCUT2D eigenvalue weighted by molar-refractivity contribution is 6.30. The predicted molar refractivity (Wildman–Crippen MR) is 117 cm³/mol. The van der Waals surface area contributed by atoms with Gasteiger partial charge in [-0.15, -0.1) is 0 Å². The number of hydrogen-bond acceptors (Lipinski definition) is 6. The van der Waals surface area contributed by atoms with Crippen molar-refractivity contribution >= 4 is 23.3 Å². The maximum absolute atomic E-state index is 13.5. The number of allylic oxidation sites excluding steroid dienone is 2. The lowest BCUT2D eigenvalue weighted by atomic mass is 9.77. The van der Waals surface area contributed by atoms with E-state index >= 15 is 0 Å². The second-order valence-electron chi connectivity index (χ2n) is 7.64. The zero-order chi connectivity index (χ0) is 21.5. The Labute approximate surface area is 184 Å². The molecule has 7 nitrogen and oxygen atoms in total. The molecule has 3 aromatic rings. The van der Waals surface area contributed by atoms with Crippen molar-refractivity contribution in [1.82, 2.24) is 14.8 Å². The number of ether oxygens (including phenoxy) is 2. The molecule has 0 fully saturated rings. The first-order chi connectivity index (χ1) is 15.1. The van der Waals surface area contributed by atoms with Crippen LogP contribution in [-0.2, 0) is 4.79 Å². The monoisotopic (exact) mass is 436 g/mol. The Balaban J connectivity index is 1.57. The van der Waals surface area contributed by atoms with Gasteiger partial charge in [-0.05, 0) is 35.7 Å². The van der Waals surface area contributed by atoms with Crippen LogP contribution >= 0.6 is 11.6 Å². The third-order valence-corrected chi connectivity index (χ3v) is 6.18. The number of aromatic nitrogens is 3. The molecule has 31 heavy (non-hydrogen) atoms. The lowest BCUT2D eigenvalue weighted by Crippen LogP contribution is -2.33. The van der Waals surface area contributed by atoms with Gasteiger partial charge in [0.05, 0.1) is 14.2 Å². The first-order valence-corrected chi connectivity index (χ1v) is 10.4. The summed E-state index contributed by atoms with van der Waals surface area (Å²) in [5, 5.41) is 8.36. The number of ketones is 1. The molecule has 1 aromatic heterocycles. The number of hydrogen-bond donors (Lipinski definition) is 1. The van der Waals surface area contributed by atoms with Gasteiger partial charge in [0.1, 0.15) is 23.9 Å². The van der Waals surface area contributed by atoms with Gasteiger partial charge < -0.3 is 14.8 Å². The summed E-state index contributed by atoms with van der Waals surface area (Å²) >= 11 is 6.09. The lowest BCUT2D eigenvalue weighted by Gasteiger charge is -2.35. The molecule has 0 unspecified atom stereocenters. The topological polar surface area (TPSA) is 78.3 Å². The average Bonchev–Trinajstić information content (AvgIpc) is 3.26. The Kier molecular flexibility index (Phi) is 4.90. The maximum Gasteiger partial charge on any atom is 0.226 e. The number of halogens is 1. The molecule has 0 amide bonds. The zero-order valence-electron chi connectivity index (χ0n) is 17.1. The molecule has 0 saturated heterocycles. The number of rotatable bonds is 4. The number of anilines is 1. The molecule has 2 heterocycles. The fourth-order valence-electron chi connectivity index (χ4n) is 4.48. The lowest BCUT2D eigenvalue weighted by molar-refractivity contribution is -0.116. The highest BCUT2D eigenvalue weighted by Gasteiger charge is 2.39. The van der Waals surface area contributed by atoms with Crippen molar-refractivity contribution in [3.05, 3.63) is 76.2 Å². The molecule has 0 spiro atoms. The summed E-state index contributed by atoms with van der Waals surface area (Å²) in [6, 6.07) is 12.9. The van der Waals surface area contributed by atoms with E-state index < -0.39 is 0 Å². The van der Waals surface area contributed by atoms with E-state index in [1.165, 1.54) is 6.33 Å². The molecule has 8 heteroatoms. The van der Waals surface area contributed by atoms with Crippen LogP contribution in [0.15, 0.2) is 60.1 Å². The van der Waals surface area contributed by atoms with Crippen LogP contribution in [0, 0.1) is 0 Å². The highest BCUT2D eigenvalue weighted by atomic mass is 35.5. The first-order valence-electron chi connectivity index (χ1n) is 9.99.